The molecule has 1 aromatic carbocycles. The Balaban J connectivity index is 1.65. The largest absolute Gasteiger partial charge is 0.493 e. The van der Waals surface area contributed by atoms with Crippen LogP contribution in [0.2, 0.25) is 0 Å². The zero-order valence-corrected chi connectivity index (χ0v) is 16.5. The molecular formula is C21H27N3O4. The van der Waals surface area contributed by atoms with E-state index in [1.165, 1.54) is 37.5 Å². The highest BCUT2D eigenvalue weighted by Crippen LogP contribution is 2.39. The van der Waals surface area contributed by atoms with Crippen LogP contribution in [-0.4, -0.2) is 29.8 Å². The summed E-state index contributed by atoms with van der Waals surface area (Å²) in [6.07, 6.45) is 8.21. The molecule has 2 aliphatic rings. The summed E-state index contributed by atoms with van der Waals surface area (Å²) in [5.74, 6) is 2.34. The zero-order valence-electron chi connectivity index (χ0n) is 16.5. The summed E-state index contributed by atoms with van der Waals surface area (Å²) in [5.41, 5.74) is 3.09. The van der Waals surface area contributed by atoms with Gasteiger partial charge in [-0.2, -0.15) is 0 Å². The molecule has 0 unspecified atom stereocenters. The first-order valence-electron chi connectivity index (χ1n) is 10.1. The van der Waals surface area contributed by atoms with Crippen LogP contribution in [0.1, 0.15) is 63.1 Å². The maximum Gasteiger partial charge on any atom is 0.280 e. The fraction of sp³-hybridized carbons (Fsp3) is 0.571. The van der Waals surface area contributed by atoms with Gasteiger partial charge in [-0.3, -0.25) is 15.0 Å². The molecule has 7 nitrogen and oxygen atoms in total. The average Bonchev–Trinajstić information content (AvgIpc) is 3.42. The lowest BCUT2D eigenvalue weighted by Gasteiger charge is -2.16. The van der Waals surface area contributed by atoms with Crippen LogP contribution in [-0.2, 0) is 4.79 Å². The summed E-state index contributed by atoms with van der Waals surface area (Å²) in [6.45, 7) is 0. The molecule has 1 heterocycles. The van der Waals surface area contributed by atoms with E-state index in [-0.39, 0.29) is 17.4 Å². The number of hydrogen-bond donors (Lipinski definition) is 1. The number of ether oxygens (including phenoxy) is 2. The molecule has 1 aromatic heterocycles. The van der Waals surface area contributed by atoms with Crippen molar-refractivity contribution in [2.24, 2.45) is 5.92 Å². The summed E-state index contributed by atoms with van der Waals surface area (Å²) in [5, 5.41) is 0.401. The first-order chi connectivity index (χ1) is 13.6. The molecule has 7 heteroatoms. The van der Waals surface area contributed by atoms with Gasteiger partial charge in [-0.15, -0.1) is 0 Å². The lowest BCUT2D eigenvalue weighted by Crippen LogP contribution is -2.36. The second-order valence-electron chi connectivity index (χ2n) is 7.83. The topological polar surface area (TPSA) is 82.5 Å². The monoisotopic (exact) mass is 385 g/mol. The van der Waals surface area contributed by atoms with Crippen LogP contribution in [0.25, 0.3) is 10.9 Å². The van der Waals surface area contributed by atoms with Crippen molar-refractivity contribution in [3.8, 4) is 11.5 Å². The predicted octanol–water partition coefficient (Wildman–Crippen LogP) is 3.33. The van der Waals surface area contributed by atoms with Crippen molar-refractivity contribution in [3.05, 3.63) is 28.3 Å². The third kappa shape index (κ3) is 3.70. The van der Waals surface area contributed by atoms with Crippen molar-refractivity contribution < 1.29 is 14.3 Å². The van der Waals surface area contributed by atoms with E-state index in [2.05, 4.69) is 10.4 Å². The number of amides is 1. The van der Waals surface area contributed by atoms with Crippen molar-refractivity contribution in [3.63, 3.8) is 0 Å². The average molecular weight is 385 g/mol. The van der Waals surface area contributed by atoms with E-state index in [1.54, 1.807) is 19.2 Å². The quantitative estimate of drug-likeness (QED) is 0.790. The van der Waals surface area contributed by atoms with Crippen molar-refractivity contribution in [2.45, 2.75) is 57.3 Å². The smallest absolute Gasteiger partial charge is 0.280 e. The molecule has 2 saturated carbocycles. The van der Waals surface area contributed by atoms with Crippen molar-refractivity contribution in [1.29, 1.82) is 0 Å². The molecule has 28 heavy (non-hydrogen) atoms. The number of carbonyl (C=O) groups is 1. The van der Waals surface area contributed by atoms with E-state index in [1.807, 2.05) is 0 Å². The van der Waals surface area contributed by atoms with E-state index in [0.29, 0.717) is 40.6 Å². The first-order valence-corrected chi connectivity index (χ1v) is 10.1. The van der Waals surface area contributed by atoms with Crippen molar-refractivity contribution in [2.75, 3.05) is 19.6 Å². The highest BCUT2D eigenvalue weighted by atomic mass is 16.5. The van der Waals surface area contributed by atoms with Gasteiger partial charge in [-0.05, 0) is 31.2 Å². The Bertz CT molecular complexity index is 943. The summed E-state index contributed by atoms with van der Waals surface area (Å²) in [6, 6.07) is 3.34. The van der Waals surface area contributed by atoms with Gasteiger partial charge in [-0.25, -0.2) is 9.66 Å². The molecular weight excluding hydrogens is 358 g/mol. The highest BCUT2D eigenvalue weighted by molar-refractivity contribution is 5.85. The van der Waals surface area contributed by atoms with E-state index in [4.69, 9.17) is 9.47 Å². The van der Waals surface area contributed by atoms with E-state index >= 15 is 0 Å². The molecule has 0 saturated heterocycles. The fourth-order valence-corrected chi connectivity index (χ4v) is 4.07. The van der Waals surface area contributed by atoms with Crippen molar-refractivity contribution >= 4 is 16.8 Å². The van der Waals surface area contributed by atoms with Crippen LogP contribution >= 0.6 is 0 Å². The zero-order chi connectivity index (χ0) is 19.7. The minimum atomic E-state index is -0.276. The molecule has 0 spiro atoms. The summed E-state index contributed by atoms with van der Waals surface area (Å²) in [4.78, 5) is 30.4. The van der Waals surface area contributed by atoms with Gasteiger partial charge < -0.3 is 9.47 Å². The van der Waals surface area contributed by atoms with Gasteiger partial charge >= 0.3 is 0 Å². The first kappa shape index (κ1) is 18.8. The van der Waals surface area contributed by atoms with Gasteiger partial charge in [0.05, 0.1) is 25.1 Å². The summed E-state index contributed by atoms with van der Waals surface area (Å²) in [7, 11) is 3.08. The summed E-state index contributed by atoms with van der Waals surface area (Å²) >= 11 is 0. The van der Waals surface area contributed by atoms with Gasteiger partial charge in [0.2, 0.25) is 5.91 Å². The van der Waals surface area contributed by atoms with Crippen LogP contribution in [0.5, 0.6) is 11.5 Å². The number of rotatable bonds is 7. The number of hydrogen-bond acceptors (Lipinski definition) is 5. The van der Waals surface area contributed by atoms with E-state index < -0.39 is 0 Å². The second kappa shape index (κ2) is 7.81. The Hall–Kier alpha value is -2.57. The molecule has 1 amide bonds. The number of aromatic nitrogens is 2. The number of fused-ring (bicyclic) bond motifs is 1. The van der Waals surface area contributed by atoms with Gasteiger partial charge in [0, 0.05) is 18.4 Å². The molecule has 0 aliphatic heterocycles. The predicted molar refractivity (Wildman–Crippen MR) is 107 cm³/mol. The minimum absolute atomic E-state index is 0.127. The Kier molecular flexibility index (Phi) is 5.24. The molecule has 2 aliphatic carbocycles. The molecule has 0 radical (unpaired) electrons. The molecule has 2 aromatic rings. The molecule has 4 rings (SSSR count). The molecule has 2 fully saturated rings. The van der Waals surface area contributed by atoms with Crippen LogP contribution in [0.15, 0.2) is 16.9 Å². The Labute approximate surface area is 164 Å². The molecule has 0 bridgehead atoms. The van der Waals surface area contributed by atoms with Crippen LogP contribution in [0.3, 0.4) is 0 Å². The van der Waals surface area contributed by atoms with Gasteiger partial charge in [-0.1, -0.05) is 25.7 Å². The second-order valence-corrected chi connectivity index (χ2v) is 7.83. The Morgan fingerprint density at radius 2 is 1.82 bits per heavy atom. The van der Waals surface area contributed by atoms with E-state index in [0.717, 1.165) is 19.3 Å². The highest BCUT2D eigenvalue weighted by Gasteiger charge is 2.30. The lowest BCUT2D eigenvalue weighted by atomic mass is 10.0. The van der Waals surface area contributed by atoms with E-state index in [9.17, 15) is 9.59 Å². The van der Waals surface area contributed by atoms with Crippen molar-refractivity contribution in [1.82, 2.24) is 9.66 Å². The van der Waals surface area contributed by atoms with Gasteiger partial charge in [0.15, 0.2) is 11.5 Å². The number of methoxy groups -OCH3 is 2. The van der Waals surface area contributed by atoms with Gasteiger partial charge in [0.25, 0.3) is 5.56 Å². The van der Waals surface area contributed by atoms with Crippen LogP contribution in [0.4, 0.5) is 0 Å². The number of carbonyl (C=O) groups excluding carboxylic acids is 1. The number of benzene rings is 1. The molecule has 1 N–H and O–H groups in total. The maximum atomic E-state index is 13.2. The minimum Gasteiger partial charge on any atom is -0.493 e. The standard InChI is InChI=1S/C21H27N3O4/c1-27-17-11-15-16(12-18(17)28-2)22-20(14-8-9-14)24(21(15)26)23-19(25)10-7-13-5-3-4-6-13/h11-14H,3-10H2,1-2H3,(H,23,25). The Morgan fingerprint density at radius 3 is 2.46 bits per heavy atom. The molecule has 150 valence electrons. The molecule has 0 atom stereocenters. The number of nitrogens with one attached hydrogen (secondary N) is 1. The van der Waals surface area contributed by atoms with Crippen LogP contribution < -0.4 is 20.5 Å². The number of nitrogens with zero attached hydrogens (tertiary/aromatic N) is 2. The third-order valence-electron chi connectivity index (χ3n) is 5.83. The lowest BCUT2D eigenvalue weighted by molar-refractivity contribution is -0.117. The normalized spacial score (nSPS) is 17.1. The Morgan fingerprint density at radius 1 is 1.14 bits per heavy atom. The SMILES string of the molecule is COc1cc2nc(C3CC3)n(NC(=O)CCC3CCCC3)c(=O)c2cc1OC. The van der Waals surface area contributed by atoms with Crippen LogP contribution in [0, 0.1) is 5.92 Å². The third-order valence-corrected chi connectivity index (χ3v) is 5.83. The van der Waals surface area contributed by atoms with Gasteiger partial charge in [0.1, 0.15) is 5.82 Å². The fourth-order valence-electron chi connectivity index (χ4n) is 4.07. The maximum absolute atomic E-state index is 13.2. The summed E-state index contributed by atoms with van der Waals surface area (Å²) < 4.78 is 12.0.